The summed E-state index contributed by atoms with van der Waals surface area (Å²) in [6.07, 6.45) is 4.12. The Labute approximate surface area is 220 Å². The monoisotopic (exact) mass is 516 g/mol. The van der Waals surface area contributed by atoms with Crippen molar-refractivity contribution in [3.63, 3.8) is 0 Å². The van der Waals surface area contributed by atoms with Gasteiger partial charge in [-0.15, -0.1) is 0 Å². The molecule has 7 nitrogen and oxygen atoms in total. The number of aromatic nitrogens is 3. The second kappa shape index (κ2) is 9.54. The molecule has 0 radical (unpaired) electrons. The SMILES string of the molecule is Cc1noc(C)c1-c1ccc2nc(C(=O)CC3CCOCC3)nc(NC3(c4cccc(Cl)c4)CC3)c2c1. The lowest BCUT2D eigenvalue weighted by Crippen LogP contribution is -2.22. The maximum Gasteiger partial charge on any atom is 0.200 e. The zero-order valence-corrected chi connectivity index (χ0v) is 21.8. The van der Waals surface area contributed by atoms with Crippen LogP contribution in [-0.2, 0) is 10.3 Å². The van der Waals surface area contributed by atoms with Gasteiger partial charge in [0.2, 0.25) is 0 Å². The number of benzene rings is 2. The van der Waals surface area contributed by atoms with Gasteiger partial charge in [-0.1, -0.05) is 35.0 Å². The largest absolute Gasteiger partial charge is 0.381 e. The van der Waals surface area contributed by atoms with E-state index in [1.807, 2.05) is 44.2 Å². The molecule has 1 aliphatic carbocycles. The lowest BCUT2D eigenvalue weighted by molar-refractivity contribution is 0.0598. The van der Waals surface area contributed by atoms with Crippen LogP contribution >= 0.6 is 11.6 Å². The summed E-state index contributed by atoms with van der Waals surface area (Å²) in [6.45, 7) is 5.25. The summed E-state index contributed by atoms with van der Waals surface area (Å²) in [4.78, 5) is 22.9. The quantitative estimate of drug-likeness (QED) is 0.275. The molecule has 4 aromatic rings. The van der Waals surface area contributed by atoms with Crippen molar-refractivity contribution < 1.29 is 14.1 Å². The van der Waals surface area contributed by atoms with E-state index in [0.717, 1.165) is 64.7 Å². The zero-order valence-electron chi connectivity index (χ0n) is 21.0. The van der Waals surface area contributed by atoms with Crippen molar-refractivity contribution in [2.75, 3.05) is 18.5 Å². The van der Waals surface area contributed by atoms with Gasteiger partial charge in [-0.2, -0.15) is 0 Å². The van der Waals surface area contributed by atoms with Gasteiger partial charge in [-0.25, -0.2) is 9.97 Å². The molecular formula is C29H29ClN4O3. The van der Waals surface area contributed by atoms with Gasteiger partial charge >= 0.3 is 0 Å². The van der Waals surface area contributed by atoms with Crippen LogP contribution in [0.1, 0.15) is 59.7 Å². The van der Waals surface area contributed by atoms with Gasteiger partial charge in [0.25, 0.3) is 0 Å². The third-order valence-electron chi connectivity index (χ3n) is 7.57. The van der Waals surface area contributed by atoms with E-state index in [0.29, 0.717) is 36.4 Å². The van der Waals surface area contributed by atoms with Gasteiger partial charge in [0, 0.05) is 35.6 Å². The maximum absolute atomic E-state index is 13.3. The van der Waals surface area contributed by atoms with E-state index < -0.39 is 0 Å². The van der Waals surface area contributed by atoms with Gasteiger partial charge in [0.15, 0.2) is 11.6 Å². The number of ketones is 1. The van der Waals surface area contributed by atoms with Crippen LogP contribution < -0.4 is 5.32 Å². The fourth-order valence-corrected chi connectivity index (χ4v) is 5.52. The van der Waals surface area contributed by atoms with E-state index >= 15 is 0 Å². The molecule has 3 heterocycles. The van der Waals surface area contributed by atoms with Crippen molar-refractivity contribution in [2.45, 2.75) is 51.5 Å². The first kappa shape index (κ1) is 24.1. The van der Waals surface area contributed by atoms with Gasteiger partial charge in [0.1, 0.15) is 11.6 Å². The molecule has 2 aromatic carbocycles. The molecular weight excluding hydrogens is 488 g/mol. The molecule has 2 fully saturated rings. The molecule has 0 atom stereocenters. The lowest BCUT2D eigenvalue weighted by Gasteiger charge is -2.22. The number of Topliss-reactive ketones (excluding diaryl/α,β-unsaturated/α-hetero) is 1. The number of halogens is 1. The van der Waals surface area contributed by atoms with Gasteiger partial charge < -0.3 is 14.6 Å². The summed E-state index contributed by atoms with van der Waals surface area (Å²) in [6, 6.07) is 13.9. The third-order valence-corrected chi connectivity index (χ3v) is 7.80. The normalized spacial score (nSPS) is 17.2. The van der Waals surface area contributed by atoms with Crippen molar-refractivity contribution in [1.29, 1.82) is 0 Å². The van der Waals surface area contributed by atoms with Crippen LogP contribution in [0.4, 0.5) is 5.82 Å². The Morgan fingerprint density at radius 1 is 1.11 bits per heavy atom. The number of anilines is 1. The highest BCUT2D eigenvalue weighted by Crippen LogP contribution is 2.49. The highest BCUT2D eigenvalue weighted by molar-refractivity contribution is 6.30. The molecule has 0 unspecified atom stereocenters. The summed E-state index contributed by atoms with van der Waals surface area (Å²) in [5.74, 6) is 1.95. The maximum atomic E-state index is 13.3. The van der Waals surface area contributed by atoms with E-state index in [2.05, 4.69) is 22.6 Å². The number of nitrogens with one attached hydrogen (secondary N) is 1. The molecule has 1 N–H and O–H groups in total. The number of fused-ring (bicyclic) bond motifs is 1. The van der Waals surface area contributed by atoms with Crippen molar-refractivity contribution >= 4 is 34.1 Å². The lowest BCUT2D eigenvalue weighted by atomic mass is 9.94. The minimum Gasteiger partial charge on any atom is -0.381 e. The number of hydrogen-bond acceptors (Lipinski definition) is 7. The minimum absolute atomic E-state index is 0.0285. The van der Waals surface area contributed by atoms with Crippen molar-refractivity contribution in [1.82, 2.24) is 15.1 Å². The number of nitrogens with zero attached hydrogens (tertiary/aromatic N) is 3. The second-order valence-corrected chi connectivity index (χ2v) is 10.7. The summed E-state index contributed by atoms with van der Waals surface area (Å²) < 4.78 is 10.9. The van der Waals surface area contributed by atoms with E-state index in [-0.39, 0.29) is 17.1 Å². The Morgan fingerprint density at radius 2 is 1.92 bits per heavy atom. The Bertz CT molecular complexity index is 1470. The van der Waals surface area contributed by atoms with Gasteiger partial charge in [0.05, 0.1) is 16.7 Å². The summed E-state index contributed by atoms with van der Waals surface area (Å²) in [5.41, 5.74) is 4.33. The fourth-order valence-electron chi connectivity index (χ4n) is 5.33. The molecule has 6 rings (SSSR count). The first-order chi connectivity index (χ1) is 17.9. The summed E-state index contributed by atoms with van der Waals surface area (Å²) >= 11 is 6.32. The van der Waals surface area contributed by atoms with E-state index in [4.69, 9.17) is 30.8 Å². The number of carbonyl (C=O) groups excluding carboxylic acids is 1. The standard InChI is InChI=1S/C29H29ClN4O3/c1-17-26(18(2)37-34-17)20-6-7-24-23(15-20)27(33-29(10-11-29)21-4-3-5-22(30)16-21)32-28(31-24)25(35)14-19-8-12-36-13-9-19/h3-7,15-16,19H,8-14H2,1-2H3,(H,31,32,33). The molecule has 8 heteroatoms. The summed E-state index contributed by atoms with van der Waals surface area (Å²) in [7, 11) is 0. The predicted molar refractivity (Wildman–Crippen MR) is 143 cm³/mol. The smallest absolute Gasteiger partial charge is 0.200 e. The molecule has 0 amide bonds. The molecule has 190 valence electrons. The Morgan fingerprint density at radius 3 is 2.62 bits per heavy atom. The fraction of sp³-hybridized carbons (Fsp3) is 0.379. The zero-order chi connectivity index (χ0) is 25.6. The van der Waals surface area contributed by atoms with Crippen LogP contribution in [0.5, 0.6) is 0 Å². The first-order valence-corrected chi connectivity index (χ1v) is 13.2. The Balaban J connectivity index is 1.43. The average molecular weight is 517 g/mol. The van der Waals surface area contributed by atoms with Crippen LogP contribution in [0.15, 0.2) is 47.0 Å². The Kier molecular flexibility index (Phi) is 6.21. The molecule has 1 saturated carbocycles. The predicted octanol–water partition coefficient (Wildman–Crippen LogP) is 6.66. The van der Waals surface area contributed by atoms with Crippen molar-refractivity contribution in [3.05, 3.63) is 70.3 Å². The molecule has 0 spiro atoms. The number of aryl methyl sites for hydroxylation is 2. The van der Waals surface area contributed by atoms with Gasteiger partial charge in [-0.3, -0.25) is 4.79 Å². The molecule has 37 heavy (non-hydrogen) atoms. The third kappa shape index (κ3) is 4.74. The van der Waals surface area contributed by atoms with Gasteiger partial charge in [-0.05, 0) is 80.8 Å². The van der Waals surface area contributed by atoms with Crippen LogP contribution in [-0.4, -0.2) is 34.1 Å². The number of rotatable bonds is 7. The average Bonchev–Trinajstić information content (AvgIpc) is 3.61. The van der Waals surface area contributed by atoms with Crippen LogP contribution in [0.2, 0.25) is 5.02 Å². The number of ether oxygens (including phenoxy) is 1. The highest BCUT2D eigenvalue weighted by atomic mass is 35.5. The van der Waals surface area contributed by atoms with Crippen molar-refractivity contribution in [3.8, 4) is 11.1 Å². The molecule has 2 aromatic heterocycles. The highest BCUT2D eigenvalue weighted by Gasteiger charge is 2.45. The molecule has 1 saturated heterocycles. The van der Waals surface area contributed by atoms with Crippen LogP contribution in [0.3, 0.4) is 0 Å². The number of hydrogen-bond donors (Lipinski definition) is 1. The van der Waals surface area contributed by atoms with Crippen LogP contribution in [0.25, 0.3) is 22.0 Å². The van der Waals surface area contributed by atoms with E-state index in [9.17, 15) is 4.79 Å². The molecule has 0 bridgehead atoms. The van der Waals surface area contributed by atoms with Crippen LogP contribution in [0, 0.1) is 19.8 Å². The topological polar surface area (TPSA) is 90.1 Å². The summed E-state index contributed by atoms with van der Waals surface area (Å²) in [5, 5.41) is 9.37. The molecule has 2 aliphatic rings. The second-order valence-electron chi connectivity index (χ2n) is 10.2. The molecule has 1 aliphatic heterocycles. The van der Waals surface area contributed by atoms with E-state index in [1.54, 1.807) is 0 Å². The Hall–Kier alpha value is -3.29. The minimum atomic E-state index is -0.272. The van der Waals surface area contributed by atoms with E-state index in [1.165, 1.54) is 0 Å². The number of carbonyl (C=O) groups is 1. The first-order valence-electron chi connectivity index (χ1n) is 12.8. The van der Waals surface area contributed by atoms with Crippen molar-refractivity contribution in [2.24, 2.45) is 5.92 Å².